The van der Waals surface area contributed by atoms with Gasteiger partial charge in [0.15, 0.2) is 0 Å². The van der Waals surface area contributed by atoms with Crippen LogP contribution in [0.1, 0.15) is 11.1 Å². The summed E-state index contributed by atoms with van der Waals surface area (Å²) in [6, 6.07) is 13.8. The number of hydrogen-bond acceptors (Lipinski definition) is 8. The number of nitrogens with zero attached hydrogens (tertiary/aromatic N) is 3. The van der Waals surface area contributed by atoms with Crippen molar-refractivity contribution in [1.29, 1.82) is 5.26 Å². The third-order valence-electron chi connectivity index (χ3n) is 3.88. The topological polar surface area (TPSA) is 122 Å². The Bertz CT molecular complexity index is 1330. The van der Waals surface area contributed by atoms with Gasteiger partial charge in [-0.25, -0.2) is 8.42 Å². The maximum Gasteiger partial charge on any atom is 0.268 e. The Kier molecular flexibility index (Phi) is 7.48. The fourth-order valence-corrected chi connectivity index (χ4v) is 4.23. The molecule has 32 heavy (non-hydrogen) atoms. The lowest BCUT2D eigenvalue weighted by molar-refractivity contribution is -0.112. The maximum absolute atomic E-state index is 12.4. The number of carbonyl (C=O) groups is 1. The number of nitrogens with one attached hydrogen (secondary N) is 1. The van der Waals surface area contributed by atoms with Crippen LogP contribution in [0.15, 0.2) is 52.4 Å². The minimum Gasteiger partial charge on any atom is -0.487 e. The van der Waals surface area contributed by atoms with Gasteiger partial charge in [0.1, 0.15) is 24.0 Å². The highest BCUT2D eigenvalue weighted by Crippen LogP contribution is 2.28. The second-order valence-electron chi connectivity index (χ2n) is 6.37. The minimum atomic E-state index is -3.54. The predicted molar refractivity (Wildman–Crippen MR) is 122 cm³/mol. The number of sulfone groups is 1. The molecule has 0 unspecified atom stereocenters. The summed E-state index contributed by atoms with van der Waals surface area (Å²) in [5.74, 6) is -0.327. The summed E-state index contributed by atoms with van der Waals surface area (Å²) in [6.45, 7) is 0.287. The van der Waals surface area contributed by atoms with Crippen LogP contribution in [0.25, 0.3) is 6.08 Å². The normalized spacial score (nSPS) is 11.6. The van der Waals surface area contributed by atoms with Crippen LogP contribution in [-0.4, -0.2) is 30.8 Å². The second-order valence-corrected chi connectivity index (χ2v) is 10.4. The zero-order valence-electron chi connectivity index (χ0n) is 16.4. The summed E-state index contributed by atoms with van der Waals surface area (Å²) in [6.07, 6.45) is 2.31. The van der Waals surface area contributed by atoms with Crippen molar-refractivity contribution in [3.05, 3.63) is 69.2 Å². The molecule has 2 aromatic carbocycles. The molecule has 0 aliphatic rings. The van der Waals surface area contributed by atoms with Crippen molar-refractivity contribution in [2.75, 3.05) is 11.6 Å². The van der Waals surface area contributed by atoms with Crippen LogP contribution < -0.4 is 10.1 Å². The highest BCUT2D eigenvalue weighted by Gasteiger charge is 2.17. The number of amides is 1. The molecule has 1 aromatic heterocycles. The lowest BCUT2D eigenvalue weighted by Gasteiger charge is -2.09. The maximum atomic E-state index is 12.4. The molecule has 1 N–H and O–H groups in total. The fraction of sp³-hybridized carbons (Fsp3) is 0.100. The summed E-state index contributed by atoms with van der Waals surface area (Å²) in [5.41, 5.74) is 1.18. The molecule has 8 nitrogen and oxygen atoms in total. The molecule has 1 heterocycles. The van der Waals surface area contributed by atoms with Crippen molar-refractivity contribution in [3.8, 4) is 11.8 Å². The minimum absolute atomic E-state index is 0.0412. The molecule has 0 bridgehead atoms. The molecule has 0 aliphatic carbocycles. The van der Waals surface area contributed by atoms with Crippen LogP contribution >= 0.6 is 34.5 Å². The zero-order valence-corrected chi connectivity index (χ0v) is 19.5. The molecule has 0 saturated heterocycles. The van der Waals surface area contributed by atoms with Crippen LogP contribution in [0.5, 0.6) is 5.75 Å². The first kappa shape index (κ1) is 23.7. The molecule has 0 aliphatic heterocycles. The van der Waals surface area contributed by atoms with Crippen LogP contribution in [-0.2, 0) is 21.2 Å². The lowest BCUT2D eigenvalue weighted by atomic mass is 10.1. The van der Waals surface area contributed by atoms with E-state index in [-0.39, 0.29) is 21.7 Å². The zero-order chi connectivity index (χ0) is 23.3. The molecular formula is C20H14Cl2N4O4S2. The van der Waals surface area contributed by atoms with E-state index in [0.29, 0.717) is 32.7 Å². The Balaban J connectivity index is 1.70. The smallest absolute Gasteiger partial charge is 0.268 e. The Labute approximate surface area is 198 Å². The molecule has 3 aromatic rings. The SMILES string of the molecule is CS(=O)(=O)c1nnc(NC(=O)/C(C#N)=C\c2ccc(OCc3ccc(Cl)cc3)c(Cl)c2)s1. The number of rotatable bonds is 7. The van der Waals surface area contributed by atoms with Crippen molar-refractivity contribution in [3.63, 3.8) is 0 Å². The van der Waals surface area contributed by atoms with Gasteiger partial charge in [0.25, 0.3) is 5.91 Å². The fourth-order valence-electron chi connectivity index (χ4n) is 2.36. The van der Waals surface area contributed by atoms with Gasteiger partial charge in [0.05, 0.1) is 5.02 Å². The Hall–Kier alpha value is -2.97. The van der Waals surface area contributed by atoms with E-state index in [0.717, 1.165) is 11.8 Å². The van der Waals surface area contributed by atoms with Crippen molar-refractivity contribution in [1.82, 2.24) is 10.2 Å². The number of carbonyl (C=O) groups excluding carboxylic acids is 1. The average molecular weight is 509 g/mol. The van der Waals surface area contributed by atoms with Gasteiger partial charge in [-0.2, -0.15) is 5.26 Å². The summed E-state index contributed by atoms with van der Waals surface area (Å²) in [4.78, 5) is 12.4. The van der Waals surface area contributed by atoms with Gasteiger partial charge in [-0.1, -0.05) is 52.7 Å². The third-order valence-corrected chi connectivity index (χ3v) is 6.94. The molecular weight excluding hydrogens is 495 g/mol. The van der Waals surface area contributed by atoms with E-state index in [1.54, 1.807) is 36.4 Å². The molecule has 0 saturated carbocycles. The van der Waals surface area contributed by atoms with Gasteiger partial charge >= 0.3 is 0 Å². The molecule has 3 rings (SSSR count). The number of benzene rings is 2. The second kappa shape index (κ2) is 10.1. The van der Waals surface area contributed by atoms with Gasteiger partial charge in [-0.3, -0.25) is 10.1 Å². The summed E-state index contributed by atoms with van der Waals surface area (Å²) in [5, 5.41) is 19.7. The Morgan fingerprint density at radius 2 is 1.94 bits per heavy atom. The lowest BCUT2D eigenvalue weighted by Crippen LogP contribution is -2.13. The molecule has 0 radical (unpaired) electrons. The quantitative estimate of drug-likeness (QED) is 0.285. The van der Waals surface area contributed by atoms with E-state index < -0.39 is 15.7 Å². The van der Waals surface area contributed by atoms with Crippen LogP contribution in [0.2, 0.25) is 10.0 Å². The molecule has 164 valence electrons. The number of anilines is 1. The average Bonchev–Trinajstić information content (AvgIpc) is 3.21. The van der Waals surface area contributed by atoms with Crippen LogP contribution in [0.3, 0.4) is 0 Å². The first-order chi connectivity index (χ1) is 15.2. The van der Waals surface area contributed by atoms with Gasteiger partial charge in [-0.05, 0) is 41.5 Å². The number of hydrogen-bond donors (Lipinski definition) is 1. The first-order valence-electron chi connectivity index (χ1n) is 8.79. The van der Waals surface area contributed by atoms with E-state index in [9.17, 15) is 18.5 Å². The number of ether oxygens (including phenoxy) is 1. The Morgan fingerprint density at radius 1 is 1.22 bits per heavy atom. The van der Waals surface area contributed by atoms with Gasteiger partial charge in [-0.15, -0.1) is 10.2 Å². The van der Waals surface area contributed by atoms with Crippen molar-refractivity contribution >= 4 is 61.5 Å². The van der Waals surface area contributed by atoms with E-state index in [4.69, 9.17) is 27.9 Å². The summed E-state index contributed by atoms with van der Waals surface area (Å²) >= 11 is 12.8. The molecule has 12 heteroatoms. The molecule has 0 spiro atoms. The van der Waals surface area contributed by atoms with E-state index in [1.807, 2.05) is 12.1 Å². The molecule has 0 fully saturated rings. The number of nitriles is 1. The number of halogens is 2. The van der Waals surface area contributed by atoms with Crippen molar-refractivity contribution < 1.29 is 17.9 Å². The molecule has 1 amide bonds. The van der Waals surface area contributed by atoms with Gasteiger partial charge in [0, 0.05) is 11.3 Å². The molecule has 0 atom stereocenters. The highest BCUT2D eigenvalue weighted by atomic mass is 35.5. The van der Waals surface area contributed by atoms with E-state index >= 15 is 0 Å². The standard InChI is InChI=1S/C20H14Cl2N4O4S2/c1-32(28,29)20-26-25-19(31-20)24-18(27)14(10-23)8-13-4-7-17(16(22)9-13)30-11-12-2-5-15(21)6-3-12/h2-9H,11H2,1H3,(H,24,25,27)/b14-8-. The summed E-state index contributed by atoms with van der Waals surface area (Å²) in [7, 11) is -3.54. The first-order valence-corrected chi connectivity index (χ1v) is 12.3. The highest BCUT2D eigenvalue weighted by molar-refractivity contribution is 7.92. The Morgan fingerprint density at radius 3 is 2.53 bits per heavy atom. The van der Waals surface area contributed by atoms with Gasteiger partial charge < -0.3 is 4.74 Å². The third kappa shape index (κ3) is 6.27. The van der Waals surface area contributed by atoms with E-state index in [1.165, 1.54) is 6.08 Å². The van der Waals surface area contributed by atoms with Crippen LogP contribution in [0.4, 0.5) is 5.13 Å². The summed E-state index contributed by atoms with van der Waals surface area (Å²) < 4.78 is 28.4. The van der Waals surface area contributed by atoms with E-state index in [2.05, 4.69) is 15.5 Å². The largest absolute Gasteiger partial charge is 0.487 e. The van der Waals surface area contributed by atoms with Gasteiger partial charge in [0.2, 0.25) is 19.3 Å². The number of aromatic nitrogens is 2. The predicted octanol–water partition coefficient (Wildman–Crippen LogP) is 4.37. The van der Waals surface area contributed by atoms with Crippen molar-refractivity contribution in [2.24, 2.45) is 0 Å². The van der Waals surface area contributed by atoms with Crippen molar-refractivity contribution in [2.45, 2.75) is 10.9 Å². The monoisotopic (exact) mass is 508 g/mol. The van der Waals surface area contributed by atoms with Crippen LogP contribution in [0, 0.1) is 11.3 Å².